The summed E-state index contributed by atoms with van der Waals surface area (Å²) in [4.78, 5) is 12.3. The van der Waals surface area contributed by atoms with E-state index in [1.807, 2.05) is 13.0 Å². The molecule has 94 valence electrons. The molecule has 0 spiro atoms. The Bertz CT molecular complexity index is 465. The maximum atomic E-state index is 12.2. The number of hydrogen-bond acceptors (Lipinski definition) is 2. The average molecular weight is 252 g/mol. The van der Waals surface area contributed by atoms with Crippen LogP contribution in [0, 0.1) is 12.8 Å². The third-order valence-corrected chi connectivity index (χ3v) is 3.15. The van der Waals surface area contributed by atoms with Crippen LogP contribution in [0.5, 0.6) is 0 Å². The van der Waals surface area contributed by atoms with Crippen molar-refractivity contribution in [2.75, 3.05) is 0 Å². The fraction of sp³-hybridized carbons (Fsp3) is 0.538. The van der Waals surface area contributed by atoms with Gasteiger partial charge in [-0.1, -0.05) is 32.5 Å². The minimum Gasteiger partial charge on any atom is -0.389 e. The van der Waals surface area contributed by atoms with Crippen LogP contribution in [0.2, 0.25) is 0 Å². The van der Waals surface area contributed by atoms with Crippen molar-refractivity contribution in [3.8, 4) is 0 Å². The van der Waals surface area contributed by atoms with Gasteiger partial charge in [-0.2, -0.15) is 0 Å². The number of aryl methyl sites for hydroxylation is 1. The lowest BCUT2D eigenvalue weighted by molar-refractivity contribution is 0.433. The summed E-state index contributed by atoms with van der Waals surface area (Å²) in [5.41, 5.74) is 6.87. The average Bonchev–Trinajstić information content (AvgIpc) is 2.24. The van der Waals surface area contributed by atoms with Crippen LogP contribution >= 0.6 is 12.2 Å². The van der Waals surface area contributed by atoms with E-state index in [2.05, 4.69) is 13.8 Å². The van der Waals surface area contributed by atoms with Crippen LogP contribution < -0.4 is 11.3 Å². The van der Waals surface area contributed by atoms with E-state index in [-0.39, 0.29) is 10.5 Å². The monoisotopic (exact) mass is 252 g/mol. The van der Waals surface area contributed by atoms with Gasteiger partial charge < -0.3 is 10.3 Å². The second-order valence-electron chi connectivity index (χ2n) is 4.56. The van der Waals surface area contributed by atoms with Crippen molar-refractivity contribution >= 4 is 17.2 Å². The van der Waals surface area contributed by atoms with Crippen LogP contribution in [-0.4, -0.2) is 9.56 Å². The Hall–Kier alpha value is -1.16. The molecule has 1 aromatic heterocycles. The highest BCUT2D eigenvalue weighted by atomic mass is 32.1. The molecule has 1 aromatic rings. The Morgan fingerprint density at radius 3 is 2.71 bits per heavy atom. The Morgan fingerprint density at radius 1 is 1.53 bits per heavy atom. The van der Waals surface area contributed by atoms with Gasteiger partial charge in [-0.15, -0.1) is 0 Å². The van der Waals surface area contributed by atoms with Gasteiger partial charge in [0.2, 0.25) is 0 Å². The summed E-state index contributed by atoms with van der Waals surface area (Å²) in [6.07, 6.45) is 2.24. The van der Waals surface area contributed by atoms with E-state index in [1.165, 1.54) is 0 Å². The molecule has 0 amide bonds. The van der Waals surface area contributed by atoms with Gasteiger partial charge in [0.05, 0.1) is 5.56 Å². The highest BCUT2D eigenvalue weighted by molar-refractivity contribution is 7.80. The Labute approximate surface area is 108 Å². The van der Waals surface area contributed by atoms with Crippen LogP contribution in [0.15, 0.2) is 16.9 Å². The molecule has 3 nitrogen and oxygen atoms in total. The Balaban J connectivity index is 3.10. The van der Waals surface area contributed by atoms with Crippen LogP contribution in [0.4, 0.5) is 0 Å². The topological polar surface area (TPSA) is 48.0 Å². The van der Waals surface area contributed by atoms with Gasteiger partial charge in [0, 0.05) is 12.2 Å². The van der Waals surface area contributed by atoms with Gasteiger partial charge in [-0.05, 0) is 31.4 Å². The minimum absolute atomic E-state index is 0.0690. The standard InChI is InChI=1S/C13H20N2OS/c1-4-5-9(2)8-15-10(3)6-7-11(12(14)17)13(15)16/h6-7,9H,4-5,8H2,1-3H3,(H2,14,17). The Morgan fingerprint density at radius 2 is 2.18 bits per heavy atom. The zero-order valence-electron chi connectivity index (χ0n) is 10.7. The molecule has 0 fully saturated rings. The SMILES string of the molecule is CCCC(C)Cn1c(C)ccc(C(N)=S)c1=O. The molecule has 0 aliphatic heterocycles. The van der Waals surface area contributed by atoms with Crippen molar-refractivity contribution in [3.05, 3.63) is 33.7 Å². The van der Waals surface area contributed by atoms with Gasteiger partial charge in [0.1, 0.15) is 4.99 Å². The number of nitrogens with two attached hydrogens (primary N) is 1. The molecule has 4 heteroatoms. The largest absolute Gasteiger partial charge is 0.389 e. The van der Waals surface area contributed by atoms with E-state index < -0.39 is 0 Å². The van der Waals surface area contributed by atoms with E-state index in [9.17, 15) is 4.79 Å². The molecule has 1 heterocycles. The predicted molar refractivity (Wildman–Crippen MR) is 75.4 cm³/mol. The molecule has 0 saturated carbocycles. The van der Waals surface area contributed by atoms with Gasteiger partial charge >= 0.3 is 0 Å². The minimum atomic E-state index is -0.0690. The van der Waals surface area contributed by atoms with Crippen molar-refractivity contribution in [2.45, 2.75) is 40.2 Å². The van der Waals surface area contributed by atoms with Crippen molar-refractivity contribution < 1.29 is 0 Å². The summed E-state index contributed by atoms with van der Waals surface area (Å²) in [5.74, 6) is 0.484. The number of nitrogens with zero attached hydrogens (tertiary/aromatic N) is 1. The summed E-state index contributed by atoms with van der Waals surface area (Å²) in [6, 6.07) is 3.61. The molecule has 0 radical (unpaired) electrons. The predicted octanol–water partition coefficient (Wildman–Crippen LogP) is 2.23. The smallest absolute Gasteiger partial charge is 0.260 e. The van der Waals surface area contributed by atoms with E-state index in [4.69, 9.17) is 18.0 Å². The fourth-order valence-electron chi connectivity index (χ4n) is 1.98. The molecular weight excluding hydrogens is 232 g/mol. The van der Waals surface area contributed by atoms with Crippen molar-refractivity contribution in [1.82, 2.24) is 4.57 Å². The first-order valence-corrected chi connectivity index (χ1v) is 6.38. The molecular formula is C13H20N2OS. The maximum Gasteiger partial charge on any atom is 0.260 e. The molecule has 17 heavy (non-hydrogen) atoms. The molecule has 0 bridgehead atoms. The van der Waals surface area contributed by atoms with Gasteiger partial charge in [-0.3, -0.25) is 4.79 Å². The van der Waals surface area contributed by atoms with E-state index >= 15 is 0 Å². The molecule has 0 aliphatic carbocycles. The highest BCUT2D eigenvalue weighted by Crippen LogP contribution is 2.09. The fourth-order valence-corrected chi connectivity index (χ4v) is 2.14. The number of thiocarbonyl (C=S) groups is 1. The third-order valence-electron chi connectivity index (χ3n) is 2.93. The quantitative estimate of drug-likeness (QED) is 0.817. The van der Waals surface area contributed by atoms with E-state index in [0.29, 0.717) is 11.5 Å². The lowest BCUT2D eigenvalue weighted by Crippen LogP contribution is -2.31. The van der Waals surface area contributed by atoms with E-state index in [0.717, 1.165) is 25.1 Å². The second-order valence-corrected chi connectivity index (χ2v) is 5.00. The van der Waals surface area contributed by atoms with Crippen molar-refractivity contribution in [3.63, 3.8) is 0 Å². The zero-order valence-corrected chi connectivity index (χ0v) is 11.5. The van der Waals surface area contributed by atoms with Gasteiger partial charge in [0.15, 0.2) is 0 Å². The summed E-state index contributed by atoms with van der Waals surface area (Å²) < 4.78 is 1.77. The number of aromatic nitrogens is 1. The first-order chi connectivity index (χ1) is 7.97. The van der Waals surface area contributed by atoms with Crippen LogP contribution in [0.3, 0.4) is 0 Å². The van der Waals surface area contributed by atoms with Crippen molar-refractivity contribution in [1.29, 1.82) is 0 Å². The molecule has 0 aliphatic rings. The molecule has 2 N–H and O–H groups in total. The van der Waals surface area contributed by atoms with Crippen LogP contribution in [0.1, 0.15) is 37.9 Å². The summed E-state index contributed by atoms with van der Waals surface area (Å²) in [7, 11) is 0. The summed E-state index contributed by atoms with van der Waals surface area (Å²) in [6.45, 7) is 6.97. The molecule has 1 atom stereocenters. The first-order valence-electron chi connectivity index (χ1n) is 5.97. The normalized spacial score (nSPS) is 12.4. The molecule has 1 rings (SSSR count). The maximum absolute atomic E-state index is 12.2. The summed E-state index contributed by atoms with van der Waals surface area (Å²) in [5, 5.41) is 0. The van der Waals surface area contributed by atoms with Crippen LogP contribution in [-0.2, 0) is 6.54 Å². The summed E-state index contributed by atoms with van der Waals surface area (Å²) >= 11 is 4.88. The lowest BCUT2D eigenvalue weighted by atomic mass is 10.1. The van der Waals surface area contributed by atoms with Gasteiger partial charge in [-0.25, -0.2) is 0 Å². The second kappa shape index (κ2) is 5.96. The number of rotatable bonds is 5. The number of pyridine rings is 1. The molecule has 0 saturated heterocycles. The van der Waals surface area contributed by atoms with E-state index in [1.54, 1.807) is 10.6 Å². The molecule has 0 aromatic carbocycles. The lowest BCUT2D eigenvalue weighted by Gasteiger charge is -2.16. The number of hydrogen-bond donors (Lipinski definition) is 1. The van der Waals surface area contributed by atoms with Crippen LogP contribution in [0.25, 0.3) is 0 Å². The Kier molecular flexibility index (Phi) is 4.87. The molecule has 1 unspecified atom stereocenters. The zero-order chi connectivity index (χ0) is 13.0. The first kappa shape index (κ1) is 13.9. The third kappa shape index (κ3) is 3.40. The highest BCUT2D eigenvalue weighted by Gasteiger charge is 2.10. The van der Waals surface area contributed by atoms with Crippen molar-refractivity contribution in [2.24, 2.45) is 11.7 Å². The van der Waals surface area contributed by atoms with Gasteiger partial charge in [0.25, 0.3) is 5.56 Å².